The average molecular weight is 1840 g/mol. The van der Waals surface area contributed by atoms with E-state index in [4.69, 9.17) is 47.2 Å². The van der Waals surface area contributed by atoms with Gasteiger partial charge in [-0.15, -0.1) is 0 Å². The molecule has 3 saturated heterocycles. The molecular weight excluding hydrogens is 1690 g/mol. The molecule has 3 fully saturated rings. The maximum Gasteiger partial charge on any atom is 0.222 e. The van der Waals surface area contributed by atoms with E-state index in [1.807, 2.05) is 20.8 Å². The lowest BCUT2D eigenvalue weighted by Crippen LogP contribution is -2.64. The second-order valence-corrected chi connectivity index (χ2v) is 37.5. The van der Waals surface area contributed by atoms with Crippen LogP contribution in [0.1, 0.15) is 253 Å². The summed E-state index contributed by atoms with van der Waals surface area (Å²) in [6.45, 7) is 10.2. The van der Waals surface area contributed by atoms with E-state index in [9.17, 15) is 103 Å². The van der Waals surface area contributed by atoms with Crippen molar-refractivity contribution in [3.05, 3.63) is 0 Å². The summed E-state index contributed by atoms with van der Waals surface area (Å²) in [6.07, 6.45) is 1.83. The Labute approximate surface area is 748 Å². The molecule has 18 N–H and O–H groups in total. The van der Waals surface area contributed by atoms with Crippen LogP contribution >= 0.6 is 7.37 Å². The van der Waals surface area contributed by atoms with Crippen molar-refractivity contribution in [2.24, 2.45) is 0 Å². The van der Waals surface area contributed by atoms with Crippen LogP contribution in [0.25, 0.3) is 0 Å². The molecule has 41 heteroatoms. The summed E-state index contributed by atoms with van der Waals surface area (Å²) in [5, 5.41) is 116. The van der Waals surface area contributed by atoms with Crippen molar-refractivity contribution in [3.63, 3.8) is 0 Å². The third kappa shape index (κ3) is 49.9. The molecule has 3 aliphatic rings. The molecule has 3 rings (SSSR count). The van der Waals surface area contributed by atoms with Crippen molar-refractivity contribution in [2.75, 3.05) is 125 Å². The van der Waals surface area contributed by atoms with E-state index < -0.39 is 148 Å². The largest absolute Gasteiger partial charge is 0.394 e. The van der Waals surface area contributed by atoms with Gasteiger partial charge >= 0.3 is 0 Å². The first kappa shape index (κ1) is 115. The van der Waals surface area contributed by atoms with Crippen LogP contribution in [-0.4, -0.2) is 339 Å². The number of rotatable bonds is 73. The van der Waals surface area contributed by atoms with Crippen molar-refractivity contribution in [1.29, 1.82) is 0 Å². The molecule has 9 amide bonds. The van der Waals surface area contributed by atoms with Gasteiger partial charge in [-0.3, -0.25) is 57.3 Å². The summed E-state index contributed by atoms with van der Waals surface area (Å²) in [5.74, 6) is -3.13. The third-order valence-corrected chi connectivity index (χ3v) is 25.1. The Balaban J connectivity index is 1.59. The van der Waals surface area contributed by atoms with Gasteiger partial charge in [0.1, 0.15) is 90.2 Å². The minimum Gasteiger partial charge on any atom is -0.394 e. The van der Waals surface area contributed by atoms with E-state index in [1.54, 1.807) is 6.66 Å². The standard InChI is InChI=1S/C86H156N9O31P/c1-59(99)92-73-79(113)76(110)64(53-96)124-82(73)120-46-26-21-34-63(103)33-20-24-41-87-69(106)38-50-117-56-86(95-72(109)37-19-15-11-9-8-10-13-17-31-62(102)32-18-14-12-16-25-49-123-127(7,116)85(4,5)6,57-118-51-39-70(107)90-44-29-42-88-67(104)35-22-27-47-121-83-74(93-60(2)100)80(114)77(111)65(54-97)125-83)58-119-52-40-71(108)91-45-30-43-89-68(105)36-23-28-48-122-84-75(94-61(3)101)81(115)78(112)66(55-98)126-84/h64-66,73-84,96-98,110-115H,8-58H2,1-7H3,(H,87,106)(H,88,104)(H,89,105)(H,90,107)(H,91,108)(H,92,99)(H,93,100)(H,94,101)(H,95,109)/t64?,65?,66?,73?,74-,75-,76+,77+,78+,79+,80?,81?,82+,83+,84+,86?,127?/m0/s1. The maximum atomic E-state index is 14.1. The first-order valence-electron chi connectivity index (χ1n) is 45.7. The van der Waals surface area contributed by atoms with Crippen molar-refractivity contribution in [1.82, 2.24) is 47.9 Å². The number of unbranched alkanes of at least 4 members (excludes halogenated alkanes) is 15. The highest BCUT2D eigenvalue weighted by Crippen LogP contribution is 2.55. The Morgan fingerprint density at radius 3 is 0.898 bits per heavy atom. The number of ketones is 2. The minimum atomic E-state index is -2.68. The number of aliphatic hydroxyl groups excluding tert-OH is 9. The topological polar surface area (TPSA) is 587 Å². The SMILES string of the molecule is CC(=O)NC1[C@H](OCCCCC(=O)CCCCNC(=O)CCOCC(COCCC(=O)NCCCNC(=O)CCCCO[C@@H]2OC(CO)[C@@H](O)C(O)[C@@H]2NC(C)=O)(COCCC(=O)NCCCNC(=O)CCCCO[C@@H]2OC(CO)[C@@H](O)C(O)[C@@H]2NC(C)=O)NC(=O)CCCCCCCCCCC(=O)CCCCCCCOP(C)(=O)C(C)(C)C)OC(CO)[C@@H](O)[C@@H]1O. The molecule has 0 spiro atoms. The van der Waals surface area contributed by atoms with Crippen LogP contribution in [-0.2, 0) is 104 Å². The van der Waals surface area contributed by atoms with Gasteiger partial charge in [-0.1, -0.05) is 78.6 Å². The van der Waals surface area contributed by atoms with Crippen LogP contribution in [0, 0.1) is 0 Å². The maximum absolute atomic E-state index is 14.1. The number of amides is 9. The normalized spacial score (nSPS) is 23.4. The lowest BCUT2D eigenvalue weighted by molar-refractivity contribution is -0.270. The van der Waals surface area contributed by atoms with Gasteiger partial charge in [0.05, 0.1) is 66.1 Å². The van der Waals surface area contributed by atoms with Gasteiger partial charge in [0.2, 0.25) is 60.5 Å². The highest BCUT2D eigenvalue weighted by molar-refractivity contribution is 7.59. The molecule has 736 valence electrons. The number of ether oxygens (including phenoxy) is 9. The zero-order valence-electron chi connectivity index (χ0n) is 76.2. The molecule has 0 aromatic heterocycles. The molecule has 16 atom stereocenters. The van der Waals surface area contributed by atoms with Gasteiger partial charge in [0, 0.05) is 149 Å². The fourth-order valence-corrected chi connectivity index (χ4v) is 14.9. The van der Waals surface area contributed by atoms with Crippen LogP contribution in [0.3, 0.4) is 0 Å². The average Bonchev–Trinajstić information content (AvgIpc) is 0.815. The van der Waals surface area contributed by atoms with Crippen LogP contribution in [0.5, 0.6) is 0 Å². The lowest BCUT2D eigenvalue weighted by Gasteiger charge is -2.42. The van der Waals surface area contributed by atoms with Crippen LogP contribution < -0.4 is 47.9 Å². The predicted octanol–water partition coefficient (Wildman–Crippen LogP) is 1.09. The lowest BCUT2D eigenvalue weighted by atomic mass is 9.97. The Morgan fingerprint density at radius 1 is 0.323 bits per heavy atom. The fourth-order valence-electron chi connectivity index (χ4n) is 14.0. The Kier molecular flexibility index (Phi) is 60.2. The van der Waals surface area contributed by atoms with E-state index in [0.717, 1.165) is 77.0 Å². The minimum absolute atomic E-state index is 0.00163. The van der Waals surface area contributed by atoms with Gasteiger partial charge in [-0.2, -0.15) is 0 Å². The molecule has 0 radical (unpaired) electrons. The van der Waals surface area contributed by atoms with Crippen molar-refractivity contribution >= 4 is 72.1 Å². The third-order valence-electron chi connectivity index (χ3n) is 22.0. The van der Waals surface area contributed by atoms with Crippen molar-refractivity contribution in [2.45, 2.75) is 356 Å². The number of nitrogens with one attached hydrogen (secondary N) is 9. The Hall–Kier alpha value is -5.96. The van der Waals surface area contributed by atoms with Gasteiger partial charge in [-0.05, 0) is 89.9 Å². The van der Waals surface area contributed by atoms with Crippen LogP contribution in [0.2, 0.25) is 0 Å². The Bertz CT molecular complexity index is 2960. The van der Waals surface area contributed by atoms with E-state index in [-0.39, 0.29) is 191 Å². The van der Waals surface area contributed by atoms with Gasteiger partial charge in [0.15, 0.2) is 18.9 Å². The van der Waals surface area contributed by atoms with Crippen LogP contribution in [0.15, 0.2) is 0 Å². The first-order valence-corrected chi connectivity index (χ1v) is 47.8. The molecule has 0 aliphatic carbocycles. The highest BCUT2D eigenvalue weighted by atomic mass is 31.2. The van der Waals surface area contributed by atoms with Gasteiger partial charge < -0.3 is 141 Å². The summed E-state index contributed by atoms with van der Waals surface area (Å²) in [5.41, 5.74) is -1.42. The molecule has 3 heterocycles. The second-order valence-electron chi connectivity index (χ2n) is 34.2. The molecule has 0 saturated carbocycles. The number of hydrogen-bond acceptors (Lipinski definition) is 31. The van der Waals surface area contributed by atoms with Gasteiger partial charge in [0.25, 0.3) is 0 Å². The predicted molar refractivity (Wildman–Crippen MR) is 464 cm³/mol. The van der Waals surface area contributed by atoms with E-state index in [0.29, 0.717) is 90.1 Å². The van der Waals surface area contributed by atoms with Gasteiger partial charge in [-0.25, -0.2) is 0 Å². The number of aliphatic hydroxyl groups is 9. The molecule has 7 unspecified atom stereocenters. The van der Waals surface area contributed by atoms with E-state index in [2.05, 4.69) is 47.9 Å². The number of hydrogen-bond donors (Lipinski definition) is 18. The summed E-state index contributed by atoms with van der Waals surface area (Å²) in [7, 11) is -2.68. The van der Waals surface area contributed by atoms with E-state index in [1.165, 1.54) is 20.8 Å². The zero-order valence-corrected chi connectivity index (χ0v) is 77.1. The van der Waals surface area contributed by atoms with Crippen molar-refractivity contribution in [3.8, 4) is 0 Å². The zero-order chi connectivity index (χ0) is 94.0. The molecule has 0 aromatic rings. The number of carbonyl (C=O) groups excluding carboxylic acids is 11. The van der Waals surface area contributed by atoms with Crippen molar-refractivity contribution < 1.29 is 150 Å². The summed E-state index contributed by atoms with van der Waals surface area (Å²) >= 11 is 0. The summed E-state index contributed by atoms with van der Waals surface area (Å²) < 4.78 is 70.8. The second kappa shape index (κ2) is 66.4. The summed E-state index contributed by atoms with van der Waals surface area (Å²) in [4.78, 5) is 140. The molecule has 0 bridgehead atoms. The fraction of sp³-hybridized carbons (Fsp3) is 0.872. The van der Waals surface area contributed by atoms with Crippen LogP contribution in [0.4, 0.5) is 0 Å². The Morgan fingerprint density at radius 2 is 0.583 bits per heavy atom. The number of carbonyl (C=O) groups is 11. The molecule has 127 heavy (non-hydrogen) atoms. The quantitative estimate of drug-likeness (QED) is 0.0299. The van der Waals surface area contributed by atoms with E-state index >= 15 is 0 Å². The highest BCUT2D eigenvalue weighted by Gasteiger charge is 2.48. The summed E-state index contributed by atoms with van der Waals surface area (Å²) in [6, 6.07) is -3.28. The molecule has 0 aromatic carbocycles. The molecule has 40 nitrogen and oxygen atoms in total. The number of Topliss-reactive ketones (excluding diaryl/α,β-unsaturated/α-hetero) is 2. The first-order chi connectivity index (χ1) is 60.6. The smallest absolute Gasteiger partial charge is 0.222 e. The molecular formula is C86H156N9O31P. The molecule has 3 aliphatic heterocycles. The monoisotopic (exact) mass is 1840 g/mol.